The van der Waals surface area contributed by atoms with Gasteiger partial charge in [-0.15, -0.1) is 0 Å². The summed E-state index contributed by atoms with van der Waals surface area (Å²) in [5, 5.41) is 6.02. The van der Waals surface area contributed by atoms with E-state index >= 15 is 0 Å². The van der Waals surface area contributed by atoms with Crippen molar-refractivity contribution in [1.29, 1.82) is 0 Å². The third-order valence-electron chi connectivity index (χ3n) is 14.9. The minimum absolute atomic E-state index is 0.00869. The largest absolute Gasteiger partial charge is 0.356 e. The molecule has 0 saturated heterocycles. The van der Waals surface area contributed by atoms with Crippen molar-refractivity contribution < 1.29 is 19.2 Å². The zero-order chi connectivity index (χ0) is 37.2. The fraction of sp³-hybridized carbons (Fsp3) is 0.778. The lowest BCUT2D eigenvalue weighted by Crippen LogP contribution is -2.60. The lowest BCUT2D eigenvalue weighted by Gasteiger charge is -2.59. The van der Waals surface area contributed by atoms with E-state index in [1.54, 1.807) is 0 Å². The summed E-state index contributed by atoms with van der Waals surface area (Å²) in [5.74, 6) is 4.39. The van der Waals surface area contributed by atoms with Crippen LogP contribution in [0.15, 0.2) is 18.2 Å². The first kappa shape index (κ1) is 38.4. The molecule has 8 aliphatic rings. The van der Waals surface area contributed by atoms with Crippen molar-refractivity contribution in [2.24, 2.45) is 35.5 Å². The Hall–Kier alpha value is -2.90. The smallest absolute Gasteiger partial charge is 0.232 e. The number of benzene rings is 1. The van der Waals surface area contributed by atoms with Gasteiger partial charge in [0.05, 0.1) is 0 Å². The molecule has 8 nitrogen and oxygen atoms in total. The molecule has 292 valence electrons. The molecule has 4 amide bonds. The molecule has 0 unspecified atom stereocenters. The summed E-state index contributed by atoms with van der Waals surface area (Å²) in [5.41, 5.74) is 4.06. The van der Waals surface area contributed by atoms with E-state index < -0.39 is 0 Å². The maximum absolute atomic E-state index is 13.1. The topological polar surface area (TPSA) is 98.8 Å². The summed E-state index contributed by atoms with van der Waals surface area (Å²) >= 11 is 0. The summed E-state index contributed by atoms with van der Waals surface area (Å²) in [7, 11) is 3.91. The van der Waals surface area contributed by atoms with Crippen LogP contribution in [0, 0.1) is 42.4 Å². The first-order valence-corrected chi connectivity index (χ1v) is 21.6. The van der Waals surface area contributed by atoms with Gasteiger partial charge in [-0.1, -0.05) is 36.6 Å². The van der Waals surface area contributed by atoms with Crippen LogP contribution in [0.4, 0.5) is 0 Å². The molecule has 8 aliphatic carbocycles. The molecule has 0 aromatic heterocycles. The van der Waals surface area contributed by atoms with Crippen molar-refractivity contribution in [3.05, 3.63) is 34.9 Å². The fourth-order valence-electron chi connectivity index (χ4n) is 13.1. The number of nitrogens with zero attached hydrogens (tertiary/aromatic N) is 2. The van der Waals surface area contributed by atoms with E-state index in [9.17, 15) is 19.2 Å². The molecule has 0 radical (unpaired) electrons. The molecule has 0 atom stereocenters. The third-order valence-corrected chi connectivity index (χ3v) is 14.9. The Bertz CT molecular complexity index is 1330. The van der Waals surface area contributed by atoms with Crippen LogP contribution in [0.2, 0.25) is 0 Å². The second-order valence-corrected chi connectivity index (χ2v) is 19.2. The molecule has 0 aliphatic heterocycles. The van der Waals surface area contributed by atoms with Gasteiger partial charge in [0.15, 0.2) is 0 Å². The van der Waals surface area contributed by atoms with Gasteiger partial charge in [0.1, 0.15) is 12.8 Å². The van der Waals surface area contributed by atoms with E-state index in [0.29, 0.717) is 13.1 Å². The number of unbranched alkanes of at least 4 members (excludes halogenated alkanes) is 4. The summed E-state index contributed by atoms with van der Waals surface area (Å²) in [6.07, 6.45) is 23.0. The second-order valence-electron chi connectivity index (χ2n) is 19.2. The molecule has 2 N–H and O–H groups in total. The monoisotopic (exact) mass is 729 g/mol. The number of carbonyl (C=O) groups excluding carboxylic acids is 4. The zero-order valence-corrected chi connectivity index (χ0v) is 33.2. The van der Waals surface area contributed by atoms with Crippen LogP contribution in [-0.2, 0) is 32.0 Å². The van der Waals surface area contributed by atoms with Crippen LogP contribution in [0.1, 0.15) is 145 Å². The molecular formula is C45H68N4O4. The Labute approximate surface area is 319 Å². The van der Waals surface area contributed by atoms with E-state index in [-0.39, 0.29) is 47.5 Å². The van der Waals surface area contributed by atoms with Crippen molar-refractivity contribution in [2.45, 2.75) is 159 Å². The molecule has 0 heterocycles. The molecule has 53 heavy (non-hydrogen) atoms. The van der Waals surface area contributed by atoms with Gasteiger partial charge in [-0.05, 0) is 169 Å². The standard InChI is InChI=1S/C45H68N4O4/c1-31-14-32(10-6-4-8-12-46-40(50)23-42(52)48(2)44-25-34-17-35(26-44)19-36(18-34)27-44)16-33(15-31)11-7-5-9-13-47-41(51)24-43(53)49(3)45-28-37-20-38(29-45)22-39(21-37)30-45/h14-16,34-39H,4-13,17-30H2,1-3H3,(H,46,50)(H,47,51). The van der Waals surface area contributed by atoms with Crippen LogP contribution in [0.25, 0.3) is 0 Å². The summed E-state index contributed by atoms with van der Waals surface area (Å²) < 4.78 is 0. The predicted molar refractivity (Wildman–Crippen MR) is 209 cm³/mol. The van der Waals surface area contributed by atoms with Crippen molar-refractivity contribution in [1.82, 2.24) is 20.4 Å². The Morgan fingerprint density at radius 1 is 0.547 bits per heavy atom. The van der Waals surface area contributed by atoms with Gasteiger partial charge in [0, 0.05) is 38.3 Å². The number of rotatable bonds is 18. The third kappa shape index (κ3) is 9.15. The highest BCUT2D eigenvalue weighted by Gasteiger charge is 2.55. The first-order valence-electron chi connectivity index (χ1n) is 21.6. The molecule has 0 spiro atoms. The number of hydrogen-bond acceptors (Lipinski definition) is 4. The Morgan fingerprint density at radius 2 is 0.887 bits per heavy atom. The Kier molecular flexibility index (Phi) is 11.9. The lowest BCUT2D eigenvalue weighted by atomic mass is 9.52. The van der Waals surface area contributed by atoms with Gasteiger partial charge in [-0.3, -0.25) is 19.2 Å². The molecule has 9 rings (SSSR count). The summed E-state index contributed by atoms with van der Waals surface area (Å²) in [6.45, 7) is 3.42. The number of carbonyl (C=O) groups is 4. The highest BCUT2D eigenvalue weighted by Crippen LogP contribution is 2.58. The minimum Gasteiger partial charge on any atom is -0.356 e. The van der Waals surface area contributed by atoms with E-state index in [4.69, 9.17) is 0 Å². The normalized spacial score (nSPS) is 31.8. The van der Waals surface area contributed by atoms with Gasteiger partial charge in [0.25, 0.3) is 0 Å². The SMILES string of the molecule is Cc1cc(CCCCCNC(=O)CC(=O)N(C)C23CC4CC(CC(C4)C2)C3)cc(CCCCCNC(=O)CC(=O)N(C)C23CC4CC(CC(C4)C2)C3)c1. The van der Waals surface area contributed by atoms with E-state index in [1.165, 1.54) is 55.2 Å². The molecule has 1 aromatic carbocycles. The maximum Gasteiger partial charge on any atom is 0.232 e. The number of hydrogen-bond donors (Lipinski definition) is 2. The van der Waals surface area contributed by atoms with Crippen LogP contribution in [0.5, 0.6) is 0 Å². The first-order chi connectivity index (χ1) is 25.5. The number of nitrogens with one attached hydrogen (secondary N) is 2. The minimum atomic E-state index is -0.136. The molecule has 8 fully saturated rings. The molecule has 8 saturated carbocycles. The second kappa shape index (κ2) is 16.5. The van der Waals surface area contributed by atoms with Crippen LogP contribution in [0.3, 0.4) is 0 Å². The van der Waals surface area contributed by atoms with E-state index in [1.807, 2.05) is 23.9 Å². The van der Waals surface area contributed by atoms with E-state index in [2.05, 4.69) is 35.8 Å². The van der Waals surface area contributed by atoms with Crippen molar-refractivity contribution in [2.75, 3.05) is 27.2 Å². The quantitative estimate of drug-likeness (QED) is 0.123. The number of aryl methyl sites for hydroxylation is 3. The van der Waals surface area contributed by atoms with Crippen LogP contribution >= 0.6 is 0 Å². The van der Waals surface area contributed by atoms with Crippen LogP contribution < -0.4 is 10.6 Å². The average Bonchev–Trinajstić information content (AvgIpc) is 3.09. The van der Waals surface area contributed by atoms with Crippen LogP contribution in [-0.4, -0.2) is 71.7 Å². The molecule has 8 bridgehead atoms. The summed E-state index contributed by atoms with van der Waals surface area (Å²) in [6, 6.07) is 6.91. The maximum atomic E-state index is 13.1. The fourth-order valence-corrected chi connectivity index (χ4v) is 13.1. The van der Waals surface area contributed by atoms with Gasteiger partial charge < -0.3 is 20.4 Å². The predicted octanol–water partition coefficient (Wildman–Crippen LogP) is 7.29. The zero-order valence-electron chi connectivity index (χ0n) is 33.2. The van der Waals surface area contributed by atoms with Gasteiger partial charge in [-0.25, -0.2) is 0 Å². The van der Waals surface area contributed by atoms with Gasteiger partial charge in [0.2, 0.25) is 23.6 Å². The molecular weight excluding hydrogens is 661 g/mol. The van der Waals surface area contributed by atoms with Gasteiger partial charge in [-0.2, -0.15) is 0 Å². The van der Waals surface area contributed by atoms with Gasteiger partial charge >= 0.3 is 0 Å². The van der Waals surface area contributed by atoms with Crippen molar-refractivity contribution in [3.8, 4) is 0 Å². The van der Waals surface area contributed by atoms with Crippen molar-refractivity contribution in [3.63, 3.8) is 0 Å². The van der Waals surface area contributed by atoms with E-state index in [0.717, 1.165) is 125 Å². The van der Waals surface area contributed by atoms with Crippen molar-refractivity contribution >= 4 is 23.6 Å². The molecule has 8 heteroatoms. The Morgan fingerprint density at radius 3 is 1.23 bits per heavy atom. The Balaban J connectivity index is 0.726. The summed E-state index contributed by atoms with van der Waals surface area (Å²) in [4.78, 5) is 55.5. The molecule has 1 aromatic rings. The highest BCUT2D eigenvalue weighted by molar-refractivity contribution is 5.97. The average molecular weight is 729 g/mol. The lowest BCUT2D eigenvalue weighted by molar-refractivity contribution is -0.150. The highest BCUT2D eigenvalue weighted by atomic mass is 16.2. The number of amides is 4.